The summed E-state index contributed by atoms with van der Waals surface area (Å²) in [5.41, 5.74) is 0.551. The number of carbonyl (C=O) groups excluding carboxylic acids is 3. The van der Waals surface area contributed by atoms with Crippen molar-refractivity contribution in [2.45, 2.75) is 104 Å². The SMILES string of the molecule is CC.CC.CC.CC(C)(C)C(=O)c1ccc(OCC(COc2ccc(C(=O)C(C)(C)C)cc2)COc2ccc(C(=O)C(C)(C)C)cc2)cc1. The fourth-order valence-electron chi connectivity index (χ4n) is 4.19. The average molecular weight is 677 g/mol. The molecule has 0 fully saturated rings. The van der Waals surface area contributed by atoms with E-state index in [1.165, 1.54) is 0 Å². The van der Waals surface area contributed by atoms with Gasteiger partial charge in [0.25, 0.3) is 0 Å². The molecule has 0 radical (unpaired) electrons. The highest BCUT2D eigenvalue weighted by atomic mass is 16.5. The second kappa shape index (κ2) is 21.2. The fraction of sp³-hybridized carbons (Fsp3) is 0.512. The molecule has 0 bridgehead atoms. The lowest BCUT2D eigenvalue weighted by molar-refractivity contribution is 0.0852. The molecule has 0 unspecified atom stereocenters. The molecule has 0 saturated carbocycles. The number of carbonyl (C=O) groups is 3. The topological polar surface area (TPSA) is 78.9 Å². The lowest BCUT2D eigenvalue weighted by Crippen LogP contribution is -2.26. The Balaban J connectivity index is 0.00000363. The van der Waals surface area contributed by atoms with Crippen molar-refractivity contribution in [2.24, 2.45) is 22.2 Å². The largest absolute Gasteiger partial charge is 0.493 e. The summed E-state index contributed by atoms with van der Waals surface area (Å²) in [6.45, 7) is 30.0. The smallest absolute Gasteiger partial charge is 0.168 e. The molecular formula is C43H64O6. The number of Topliss-reactive ketones (excluding diaryl/α,β-unsaturated/α-hetero) is 3. The summed E-state index contributed by atoms with van der Waals surface area (Å²) < 4.78 is 18.2. The maximum atomic E-state index is 12.6. The minimum absolute atomic E-state index is 0.0733. The van der Waals surface area contributed by atoms with Crippen LogP contribution in [0.2, 0.25) is 0 Å². The molecule has 0 aliphatic rings. The van der Waals surface area contributed by atoms with Gasteiger partial charge >= 0.3 is 0 Å². The summed E-state index contributed by atoms with van der Waals surface area (Å²) in [5.74, 6) is 2.00. The molecule has 0 aliphatic heterocycles. The van der Waals surface area contributed by atoms with Crippen molar-refractivity contribution in [1.82, 2.24) is 0 Å². The lowest BCUT2D eigenvalue weighted by atomic mass is 9.86. The van der Waals surface area contributed by atoms with Crippen LogP contribution < -0.4 is 14.2 Å². The van der Waals surface area contributed by atoms with Gasteiger partial charge in [-0.25, -0.2) is 0 Å². The van der Waals surface area contributed by atoms with E-state index >= 15 is 0 Å². The summed E-state index contributed by atoms with van der Waals surface area (Å²) in [6.07, 6.45) is 0. The predicted octanol–water partition coefficient (Wildman–Crippen LogP) is 11.6. The van der Waals surface area contributed by atoms with Gasteiger partial charge in [0.1, 0.15) is 17.2 Å². The summed E-state index contributed by atoms with van der Waals surface area (Å²) in [6, 6.07) is 21.5. The van der Waals surface area contributed by atoms with E-state index in [1.807, 2.05) is 104 Å². The van der Waals surface area contributed by atoms with Crippen LogP contribution in [0.4, 0.5) is 0 Å². The van der Waals surface area contributed by atoms with Gasteiger partial charge in [-0.2, -0.15) is 0 Å². The Bertz CT molecular complexity index is 1210. The van der Waals surface area contributed by atoms with Crippen molar-refractivity contribution >= 4 is 17.3 Å². The van der Waals surface area contributed by atoms with Gasteiger partial charge in [0.2, 0.25) is 0 Å². The maximum Gasteiger partial charge on any atom is 0.168 e. The zero-order valence-corrected chi connectivity index (χ0v) is 33.1. The van der Waals surface area contributed by atoms with Gasteiger partial charge < -0.3 is 14.2 Å². The molecule has 0 saturated heterocycles. The Morgan fingerprint density at radius 3 is 0.755 bits per heavy atom. The molecule has 0 heterocycles. The van der Waals surface area contributed by atoms with E-state index in [0.29, 0.717) is 53.8 Å². The summed E-state index contributed by atoms with van der Waals surface area (Å²) in [7, 11) is 0. The van der Waals surface area contributed by atoms with Crippen molar-refractivity contribution < 1.29 is 28.6 Å². The van der Waals surface area contributed by atoms with Crippen LogP contribution in [0.3, 0.4) is 0 Å². The number of hydrogen-bond acceptors (Lipinski definition) is 6. The highest BCUT2D eigenvalue weighted by Crippen LogP contribution is 2.26. The van der Waals surface area contributed by atoms with E-state index < -0.39 is 16.2 Å². The van der Waals surface area contributed by atoms with Crippen molar-refractivity contribution in [3.63, 3.8) is 0 Å². The molecular weight excluding hydrogens is 612 g/mol. The Hall–Kier alpha value is -3.93. The van der Waals surface area contributed by atoms with Gasteiger partial charge in [0, 0.05) is 32.9 Å². The monoisotopic (exact) mass is 676 g/mol. The first-order valence-corrected chi connectivity index (χ1v) is 17.8. The standard InChI is InChI=1S/C37H46O6.3C2H6/c1-35(2,3)32(38)26-10-16-29(17-11-26)41-22-25(23-42-30-18-12-27(13-19-30)33(39)36(4,5)6)24-43-31-20-14-28(15-21-31)34(40)37(7,8)9;3*1-2/h10-21,25H,22-24H2,1-9H3;3*1-2H3. The lowest BCUT2D eigenvalue weighted by Gasteiger charge is -2.20. The first kappa shape index (κ1) is 45.1. The number of hydrogen-bond donors (Lipinski definition) is 0. The molecule has 6 heteroatoms. The Morgan fingerprint density at radius 1 is 0.408 bits per heavy atom. The second-order valence-electron chi connectivity index (χ2n) is 14.1. The van der Waals surface area contributed by atoms with Crippen LogP contribution in [0.25, 0.3) is 0 Å². The van der Waals surface area contributed by atoms with Gasteiger partial charge in [-0.15, -0.1) is 0 Å². The first-order valence-electron chi connectivity index (χ1n) is 17.8. The van der Waals surface area contributed by atoms with Gasteiger partial charge in [-0.05, 0) is 72.8 Å². The normalized spacial score (nSPS) is 11.0. The molecule has 0 amide bonds. The molecule has 0 aromatic heterocycles. The predicted molar refractivity (Wildman–Crippen MR) is 205 cm³/mol. The molecule has 0 aliphatic carbocycles. The molecule has 3 aromatic rings. The molecule has 0 atom stereocenters. The van der Waals surface area contributed by atoms with Crippen molar-refractivity contribution in [1.29, 1.82) is 0 Å². The molecule has 0 spiro atoms. The summed E-state index contributed by atoms with van der Waals surface area (Å²) in [4.78, 5) is 37.8. The van der Waals surface area contributed by atoms with Gasteiger partial charge in [0.05, 0.1) is 25.7 Å². The van der Waals surface area contributed by atoms with Crippen LogP contribution in [0.15, 0.2) is 72.8 Å². The Kier molecular flexibility index (Phi) is 19.5. The average Bonchev–Trinajstić information content (AvgIpc) is 3.09. The van der Waals surface area contributed by atoms with E-state index in [1.54, 1.807) is 72.8 Å². The van der Waals surface area contributed by atoms with E-state index in [2.05, 4.69) is 0 Å². The molecule has 272 valence electrons. The number of ether oxygens (including phenoxy) is 3. The van der Waals surface area contributed by atoms with Crippen LogP contribution in [-0.2, 0) is 0 Å². The minimum Gasteiger partial charge on any atom is -0.493 e. The number of benzene rings is 3. The van der Waals surface area contributed by atoms with E-state index in [-0.39, 0.29) is 23.3 Å². The van der Waals surface area contributed by atoms with E-state index in [4.69, 9.17) is 14.2 Å². The van der Waals surface area contributed by atoms with Gasteiger partial charge in [-0.3, -0.25) is 14.4 Å². The third kappa shape index (κ3) is 15.4. The molecule has 0 N–H and O–H groups in total. The quantitative estimate of drug-likeness (QED) is 0.178. The van der Waals surface area contributed by atoms with Gasteiger partial charge in [0.15, 0.2) is 17.3 Å². The first-order chi connectivity index (χ1) is 22.9. The van der Waals surface area contributed by atoms with Crippen molar-refractivity contribution in [3.8, 4) is 17.2 Å². The van der Waals surface area contributed by atoms with Crippen LogP contribution in [0.1, 0.15) is 135 Å². The highest BCUT2D eigenvalue weighted by molar-refractivity contribution is 6.00. The van der Waals surface area contributed by atoms with Crippen LogP contribution in [0.5, 0.6) is 17.2 Å². The van der Waals surface area contributed by atoms with E-state index in [0.717, 1.165) is 0 Å². The van der Waals surface area contributed by atoms with Crippen LogP contribution in [0, 0.1) is 22.2 Å². The zero-order chi connectivity index (χ0) is 38.0. The third-order valence-corrected chi connectivity index (χ3v) is 6.85. The minimum atomic E-state index is -0.460. The summed E-state index contributed by atoms with van der Waals surface area (Å²) >= 11 is 0. The fourth-order valence-corrected chi connectivity index (χ4v) is 4.19. The zero-order valence-electron chi connectivity index (χ0n) is 33.1. The molecule has 49 heavy (non-hydrogen) atoms. The molecule has 3 rings (SSSR count). The van der Waals surface area contributed by atoms with E-state index in [9.17, 15) is 14.4 Å². The number of ketones is 3. The maximum absolute atomic E-state index is 12.6. The highest BCUT2D eigenvalue weighted by Gasteiger charge is 2.25. The second-order valence-corrected chi connectivity index (χ2v) is 14.1. The van der Waals surface area contributed by atoms with Crippen LogP contribution >= 0.6 is 0 Å². The molecule has 3 aromatic carbocycles. The van der Waals surface area contributed by atoms with Crippen molar-refractivity contribution in [2.75, 3.05) is 19.8 Å². The third-order valence-electron chi connectivity index (χ3n) is 6.85. The summed E-state index contributed by atoms with van der Waals surface area (Å²) in [5, 5.41) is 0. The number of rotatable bonds is 12. The van der Waals surface area contributed by atoms with Crippen molar-refractivity contribution in [3.05, 3.63) is 89.5 Å². The Morgan fingerprint density at radius 2 is 0.592 bits per heavy atom. The van der Waals surface area contributed by atoms with Gasteiger partial charge in [-0.1, -0.05) is 104 Å². The Labute approximate surface area is 298 Å². The molecule has 6 nitrogen and oxygen atoms in total. The van der Waals surface area contributed by atoms with Crippen LogP contribution in [-0.4, -0.2) is 37.2 Å².